The zero-order valence-corrected chi connectivity index (χ0v) is 12.6. The van der Waals surface area contributed by atoms with Crippen LogP contribution in [0.1, 0.15) is 0 Å². The minimum Gasteiger partial charge on any atom is -0.322 e. The van der Waals surface area contributed by atoms with E-state index < -0.39 is 22.7 Å². The van der Waals surface area contributed by atoms with Crippen molar-refractivity contribution in [2.45, 2.75) is 0 Å². The van der Waals surface area contributed by atoms with Crippen LogP contribution in [0.2, 0.25) is 10.0 Å². The lowest BCUT2D eigenvalue weighted by atomic mass is 10.3. The lowest BCUT2D eigenvalue weighted by Crippen LogP contribution is -2.40. The molecule has 9 heteroatoms. The molecule has 0 saturated heterocycles. The van der Waals surface area contributed by atoms with Crippen LogP contribution in [-0.2, 0) is 15.0 Å². The summed E-state index contributed by atoms with van der Waals surface area (Å²) in [6.07, 6.45) is 0. The monoisotopic (exact) mass is 325 g/mol. The molecule has 0 aliphatic carbocycles. The summed E-state index contributed by atoms with van der Waals surface area (Å²) in [5.74, 6) is -0.569. The normalized spacial score (nSPS) is 11.6. The zero-order valence-electron chi connectivity index (χ0n) is 10.3. The van der Waals surface area contributed by atoms with Crippen LogP contribution in [0.15, 0.2) is 18.2 Å². The average Bonchev–Trinajstić information content (AvgIpc) is 2.31. The van der Waals surface area contributed by atoms with Gasteiger partial charge in [0.15, 0.2) is 0 Å². The van der Waals surface area contributed by atoms with Gasteiger partial charge in [-0.25, -0.2) is 0 Å². The van der Waals surface area contributed by atoms with Crippen LogP contribution in [-0.4, -0.2) is 39.3 Å². The molecule has 19 heavy (non-hydrogen) atoms. The molecule has 0 aromatic heterocycles. The molecule has 0 radical (unpaired) electrons. The molecule has 1 rings (SSSR count). The molecule has 6 nitrogen and oxygen atoms in total. The summed E-state index contributed by atoms with van der Waals surface area (Å²) in [4.78, 5) is 11.6. The van der Waals surface area contributed by atoms with E-state index in [2.05, 4.69) is 10.0 Å². The van der Waals surface area contributed by atoms with Gasteiger partial charge in [-0.1, -0.05) is 29.3 Å². The van der Waals surface area contributed by atoms with Crippen molar-refractivity contribution in [3.05, 3.63) is 28.2 Å². The maximum absolute atomic E-state index is 11.6. The Morgan fingerprint density at radius 2 is 1.79 bits per heavy atom. The molecule has 0 aliphatic heterocycles. The molecule has 0 heterocycles. The van der Waals surface area contributed by atoms with Gasteiger partial charge in [0.05, 0.1) is 22.3 Å². The molecular weight excluding hydrogens is 313 g/mol. The number of carbonyl (C=O) groups is 1. The SMILES string of the molecule is CN(C)S(=O)(=O)NCC(=O)Nc1c(Cl)cccc1Cl. The first kappa shape index (κ1) is 16.2. The molecule has 1 aromatic rings. The summed E-state index contributed by atoms with van der Waals surface area (Å²) in [5.41, 5.74) is 0.250. The molecule has 0 atom stereocenters. The van der Waals surface area contributed by atoms with Gasteiger partial charge in [-0.2, -0.15) is 17.4 Å². The van der Waals surface area contributed by atoms with E-state index in [-0.39, 0.29) is 15.7 Å². The molecule has 0 fully saturated rings. The highest BCUT2D eigenvalue weighted by molar-refractivity contribution is 7.87. The predicted molar refractivity (Wildman–Crippen MR) is 75.7 cm³/mol. The molecule has 106 valence electrons. The van der Waals surface area contributed by atoms with Crippen molar-refractivity contribution in [1.29, 1.82) is 0 Å². The van der Waals surface area contributed by atoms with Crippen LogP contribution in [0.4, 0.5) is 5.69 Å². The van der Waals surface area contributed by atoms with E-state index in [0.29, 0.717) is 0 Å². The van der Waals surface area contributed by atoms with E-state index in [9.17, 15) is 13.2 Å². The molecule has 1 amide bonds. The molecule has 2 N–H and O–H groups in total. The average molecular weight is 326 g/mol. The van der Waals surface area contributed by atoms with Gasteiger partial charge in [0, 0.05) is 14.1 Å². The Morgan fingerprint density at radius 1 is 1.26 bits per heavy atom. The summed E-state index contributed by atoms with van der Waals surface area (Å²) >= 11 is 11.7. The first-order chi connectivity index (χ1) is 8.74. The van der Waals surface area contributed by atoms with Crippen LogP contribution >= 0.6 is 23.2 Å². The standard InChI is InChI=1S/C10H13Cl2N3O3S/c1-15(2)19(17,18)13-6-9(16)14-10-7(11)4-3-5-8(10)12/h3-5,13H,6H2,1-2H3,(H,14,16). The summed E-state index contributed by atoms with van der Waals surface area (Å²) in [6, 6.07) is 4.76. The molecule has 1 aromatic carbocycles. The van der Waals surface area contributed by atoms with E-state index in [0.717, 1.165) is 4.31 Å². The number of nitrogens with one attached hydrogen (secondary N) is 2. The van der Waals surface area contributed by atoms with E-state index in [1.54, 1.807) is 18.2 Å². The van der Waals surface area contributed by atoms with Crippen LogP contribution in [0.3, 0.4) is 0 Å². The second-order valence-electron chi connectivity index (χ2n) is 3.75. The topological polar surface area (TPSA) is 78.5 Å². The van der Waals surface area contributed by atoms with Crippen LogP contribution < -0.4 is 10.0 Å². The number of rotatable bonds is 5. The summed E-state index contributed by atoms with van der Waals surface area (Å²) in [5, 5.41) is 2.99. The van der Waals surface area contributed by atoms with Crippen LogP contribution in [0, 0.1) is 0 Å². The summed E-state index contributed by atoms with van der Waals surface area (Å²) in [6.45, 7) is -0.415. The first-order valence-electron chi connectivity index (χ1n) is 5.15. The van der Waals surface area contributed by atoms with Gasteiger partial charge in [-0.15, -0.1) is 0 Å². The molecule has 0 saturated carbocycles. The highest BCUT2D eigenvalue weighted by Crippen LogP contribution is 2.29. The van der Waals surface area contributed by atoms with Gasteiger partial charge in [0.1, 0.15) is 0 Å². The number of benzene rings is 1. The van der Waals surface area contributed by atoms with Crippen molar-refractivity contribution in [1.82, 2.24) is 9.03 Å². The largest absolute Gasteiger partial charge is 0.322 e. The van der Waals surface area contributed by atoms with Crippen molar-refractivity contribution >= 4 is 45.0 Å². The second kappa shape index (κ2) is 6.53. The van der Waals surface area contributed by atoms with Gasteiger partial charge < -0.3 is 5.32 Å². The second-order valence-corrected chi connectivity index (χ2v) is 6.54. The Hall–Kier alpha value is -0.860. The molecule has 0 unspecified atom stereocenters. The highest BCUT2D eigenvalue weighted by Gasteiger charge is 2.15. The Kier molecular flexibility index (Phi) is 5.57. The van der Waals surface area contributed by atoms with E-state index in [1.165, 1.54) is 14.1 Å². The number of anilines is 1. The molecule has 0 bridgehead atoms. The molecule has 0 spiro atoms. The number of para-hydroxylation sites is 1. The van der Waals surface area contributed by atoms with Gasteiger partial charge >= 0.3 is 0 Å². The van der Waals surface area contributed by atoms with Crippen molar-refractivity contribution in [3.8, 4) is 0 Å². The Labute approximate surface area is 121 Å². The quantitative estimate of drug-likeness (QED) is 0.857. The van der Waals surface area contributed by atoms with Crippen molar-refractivity contribution in [2.24, 2.45) is 0 Å². The van der Waals surface area contributed by atoms with Crippen molar-refractivity contribution in [3.63, 3.8) is 0 Å². The van der Waals surface area contributed by atoms with Gasteiger partial charge in [0.2, 0.25) is 5.91 Å². The fourth-order valence-corrected chi connectivity index (χ4v) is 2.15. The fourth-order valence-electron chi connectivity index (χ4n) is 1.09. The highest BCUT2D eigenvalue weighted by atomic mass is 35.5. The lowest BCUT2D eigenvalue weighted by molar-refractivity contribution is -0.115. The van der Waals surface area contributed by atoms with E-state index >= 15 is 0 Å². The zero-order chi connectivity index (χ0) is 14.6. The van der Waals surface area contributed by atoms with E-state index in [4.69, 9.17) is 23.2 Å². The Bertz CT molecular complexity index is 555. The maximum Gasteiger partial charge on any atom is 0.279 e. The summed E-state index contributed by atoms with van der Waals surface area (Å²) < 4.78 is 25.9. The Morgan fingerprint density at radius 3 is 2.26 bits per heavy atom. The van der Waals surface area contributed by atoms with Gasteiger partial charge in [-0.05, 0) is 12.1 Å². The third-order valence-electron chi connectivity index (χ3n) is 2.12. The van der Waals surface area contributed by atoms with E-state index in [1.807, 2.05) is 0 Å². The summed E-state index contributed by atoms with van der Waals surface area (Å²) in [7, 11) is -0.945. The lowest BCUT2D eigenvalue weighted by Gasteiger charge is -2.13. The number of halogens is 2. The van der Waals surface area contributed by atoms with Crippen molar-refractivity contribution < 1.29 is 13.2 Å². The number of carbonyl (C=O) groups excluding carboxylic acids is 1. The third kappa shape index (κ3) is 4.63. The van der Waals surface area contributed by atoms with Gasteiger partial charge in [0.25, 0.3) is 10.2 Å². The third-order valence-corrected chi connectivity index (χ3v) is 4.22. The maximum atomic E-state index is 11.6. The molecule has 0 aliphatic rings. The van der Waals surface area contributed by atoms with Gasteiger partial charge in [-0.3, -0.25) is 4.79 Å². The first-order valence-corrected chi connectivity index (χ1v) is 7.34. The fraction of sp³-hybridized carbons (Fsp3) is 0.300. The van der Waals surface area contributed by atoms with Crippen molar-refractivity contribution in [2.75, 3.05) is 26.0 Å². The number of amides is 1. The predicted octanol–water partition coefficient (Wildman–Crippen LogP) is 1.33. The van der Waals surface area contributed by atoms with Crippen LogP contribution in [0.5, 0.6) is 0 Å². The number of hydrogen-bond acceptors (Lipinski definition) is 3. The minimum absolute atomic E-state index is 0.250. The van der Waals surface area contributed by atoms with Crippen LogP contribution in [0.25, 0.3) is 0 Å². The number of hydrogen-bond donors (Lipinski definition) is 2. The molecular formula is C10H13Cl2N3O3S. The Balaban J connectivity index is 2.67. The number of nitrogens with zero attached hydrogens (tertiary/aromatic N) is 1. The minimum atomic E-state index is -3.65. The smallest absolute Gasteiger partial charge is 0.279 e.